The molecule has 10 heteroatoms. The maximum absolute atomic E-state index is 11.7. The van der Waals surface area contributed by atoms with Crippen LogP contribution in [0.25, 0.3) is 0 Å². The predicted molar refractivity (Wildman–Crippen MR) is 115 cm³/mol. The van der Waals surface area contributed by atoms with E-state index in [1.165, 1.54) is 0 Å². The van der Waals surface area contributed by atoms with Crippen LogP contribution in [-0.2, 0) is 19.3 Å². The number of sulfone groups is 1. The van der Waals surface area contributed by atoms with Crippen LogP contribution in [0.2, 0.25) is 5.02 Å². The summed E-state index contributed by atoms with van der Waals surface area (Å²) in [5, 5.41) is 31.3. The lowest BCUT2D eigenvalue weighted by Crippen LogP contribution is -2.55. The van der Waals surface area contributed by atoms with Gasteiger partial charge in [0.1, 0.15) is 46.1 Å². The summed E-state index contributed by atoms with van der Waals surface area (Å²) in [7, 11) is -3.48. The van der Waals surface area contributed by atoms with Crippen molar-refractivity contribution in [3.05, 3.63) is 28.8 Å². The molecule has 0 bridgehead atoms. The molecule has 3 N–H and O–H groups in total. The Balaban J connectivity index is 1.75. The molecule has 3 rings (SSSR count). The van der Waals surface area contributed by atoms with E-state index >= 15 is 0 Å². The van der Waals surface area contributed by atoms with E-state index in [1.807, 2.05) is 6.92 Å². The SMILES string of the molecule is CCOC1CCC(Oc2cc([C@@H]3O[C@H](CS(C)(=O)=O)[C@@H](O)[C@H](O)C3O)ccc2Cl)CC1. The fourth-order valence-electron chi connectivity index (χ4n) is 4.18. The van der Waals surface area contributed by atoms with Crippen molar-refractivity contribution in [1.82, 2.24) is 0 Å². The third kappa shape index (κ3) is 6.31. The zero-order valence-electron chi connectivity index (χ0n) is 17.7. The molecule has 1 heterocycles. The molecule has 2 fully saturated rings. The lowest BCUT2D eigenvalue weighted by molar-refractivity contribution is -0.218. The van der Waals surface area contributed by atoms with Gasteiger partial charge in [-0.05, 0) is 50.3 Å². The number of hydrogen-bond donors (Lipinski definition) is 3. The fraction of sp³-hybridized carbons (Fsp3) is 0.714. The molecule has 1 aromatic rings. The van der Waals surface area contributed by atoms with E-state index in [0.717, 1.165) is 31.9 Å². The van der Waals surface area contributed by atoms with Gasteiger partial charge in [0.25, 0.3) is 0 Å². The lowest BCUT2D eigenvalue weighted by Gasteiger charge is -2.40. The van der Waals surface area contributed by atoms with Crippen molar-refractivity contribution in [3.8, 4) is 5.75 Å². The Morgan fingerprint density at radius 2 is 1.71 bits per heavy atom. The monoisotopic (exact) mass is 478 g/mol. The highest BCUT2D eigenvalue weighted by atomic mass is 35.5. The van der Waals surface area contributed by atoms with Crippen LogP contribution in [0.4, 0.5) is 0 Å². The van der Waals surface area contributed by atoms with Gasteiger partial charge in [0, 0.05) is 12.9 Å². The summed E-state index contributed by atoms with van der Waals surface area (Å²) in [5.74, 6) is -0.0517. The highest BCUT2D eigenvalue weighted by Crippen LogP contribution is 2.37. The second kappa shape index (κ2) is 10.3. The van der Waals surface area contributed by atoms with Crippen LogP contribution in [0.1, 0.15) is 44.3 Å². The van der Waals surface area contributed by atoms with E-state index in [9.17, 15) is 23.7 Å². The molecule has 8 nitrogen and oxygen atoms in total. The van der Waals surface area contributed by atoms with Gasteiger partial charge in [-0.2, -0.15) is 0 Å². The summed E-state index contributed by atoms with van der Waals surface area (Å²) >= 11 is 6.32. The first-order chi connectivity index (χ1) is 14.6. The Bertz CT molecular complexity index is 840. The molecular formula is C21H31ClO8S. The fourth-order valence-corrected chi connectivity index (χ4v) is 5.22. The number of aliphatic hydroxyl groups excluding tert-OH is 3. The standard InChI is InChI=1S/C21H31ClO8S/c1-3-28-13-5-7-14(8-6-13)29-16-10-12(4-9-15(16)22)21-20(25)19(24)18(23)17(30-21)11-31(2,26)27/h4,9-10,13-14,17-21,23-25H,3,5-8,11H2,1-2H3/t13?,14?,17-,18-,19+,20?,21+/m1/s1. The van der Waals surface area contributed by atoms with E-state index in [0.29, 0.717) is 22.9 Å². The van der Waals surface area contributed by atoms with Gasteiger partial charge in [-0.15, -0.1) is 0 Å². The van der Waals surface area contributed by atoms with Crippen molar-refractivity contribution < 1.29 is 37.9 Å². The molecule has 31 heavy (non-hydrogen) atoms. The minimum Gasteiger partial charge on any atom is -0.489 e. The van der Waals surface area contributed by atoms with E-state index in [1.54, 1.807) is 18.2 Å². The second-order valence-corrected chi connectivity index (χ2v) is 10.9. The summed E-state index contributed by atoms with van der Waals surface area (Å²) in [4.78, 5) is 0. The number of rotatable bonds is 7. The molecule has 2 aliphatic rings. The van der Waals surface area contributed by atoms with Crippen LogP contribution in [0.15, 0.2) is 18.2 Å². The molecule has 1 aromatic carbocycles. The van der Waals surface area contributed by atoms with E-state index in [-0.39, 0.29) is 12.2 Å². The van der Waals surface area contributed by atoms with Gasteiger partial charge in [-0.25, -0.2) is 8.42 Å². The highest BCUT2D eigenvalue weighted by molar-refractivity contribution is 7.90. The quantitative estimate of drug-likeness (QED) is 0.540. The zero-order chi connectivity index (χ0) is 22.8. The van der Waals surface area contributed by atoms with Crippen molar-refractivity contribution in [1.29, 1.82) is 0 Å². The summed E-state index contributed by atoms with van der Waals surface area (Å²) in [6.07, 6.45) is -2.04. The summed E-state index contributed by atoms with van der Waals surface area (Å²) in [6, 6.07) is 4.86. The van der Waals surface area contributed by atoms with Crippen molar-refractivity contribution >= 4 is 21.4 Å². The van der Waals surface area contributed by atoms with Crippen molar-refractivity contribution in [3.63, 3.8) is 0 Å². The highest BCUT2D eigenvalue weighted by Gasteiger charge is 2.45. The topological polar surface area (TPSA) is 123 Å². The first kappa shape index (κ1) is 24.7. The smallest absolute Gasteiger partial charge is 0.150 e. The van der Waals surface area contributed by atoms with Crippen LogP contribution in [0, 0.1) is 0 Å². The normalized spacial score (nSPS) is 34.5. The van der Waals surface area contributed by atoms with E-state index in [2.05, 4.69) is 0 Å². The molecule has 1 unspecified atom stereocenters. The van der Waals surface area contributed by atoms with Gasteiger partial charge in [0.05, 0.1) is 23.0 Å². The third-order valence-corrected chi connectivity index (χ3v) is 7.03. The average molecular weight is 479 g/mol. The van der Waals surface area contributed by atoms with Crippen molar-refractivity contribution in [2.24, 2.45) is 0 Å². The van der Waals surface area contributed by atoms with Gasteiger partial charge >= 0.3 is 0 Å². The zero-order valence-corrected chi connectivity index (χ0v) is 19.3. The molecule has 0 aromatic heterocycles. The molecule has 1 aliphatic carbocycles. The Hall–Kier alpha value is -0.940. The average Bonchev–Trinajstić information content (AvgIpc) is 2.71. The Labute approximate surface area is 188 Å². The molecule has 176 valence electrons. The van der Waals surface area contributed by atoms with Crippen LogP contribution in [0.3, 0.4) is 0 Å². The summed E-state index contributed by atoms with van der Waals surface area (Å²) in [5.41, 5.74) is 0.472. The number of benzene rings is 1. The Morgan fingerprint density at radius 1 is 1.06 bits per heavy atom. The first-order valence-corrected chi connectivity index (χ1v) is 13.0. The molecule has 0 spiro atoms. The van der Waals surface area contributed by atoms with Crippen molar-refractivity contribution in [2.45, 2.75) is 75.3 Å². The Morgan fingerprint density at radius 3 is 2.32 bits per heavy atom. The van der Waals surface area contributed by atoms with Crippen LogP contribution in [0.5, 0.6) is 5.75 Å². The van der Waals surface area contributed by atoms with Crippen LogP contribution >= 0.6 is 11.6 Å². The maximum atomic E-state index is 11.7. The Kier molecular flexibility index (Phi) is 8.23. The largest absolute Gasteiger partial charge is 0.489 e. The van der Waals surface area contributed by atoms with Crippen LogP contribution < -0.4 is 4.74 Å². The van der Waals surface area contributed by atoms with E-state index < -0.39 is 46.1 Å². The summed E-state index contributed by atoms with van der Waals surface area (Å²) < 4.78 is 40.8. The molecule has 1 saturated heterocycles. The molecule has 1 aliphatic heterocycles. The minimum atomic E-state index is -3.48. The van der Waals surface area contributed by atoms with Gasteiger partial charge < -0.3 is 29.5 Å². The molecule has 0 amide bonds. The number of halogens is 1. The number of ether oxygens (including phenoxy) is 3. The maximum Gasteiger partial charge on any atom is 0.150 e. The number of hydrogen-bond acceptors (Lipinski definition) is 8. The van der Waals surface area contributed by atoms with Gasteiger partial charge in [0.15, 0.2) is 0 Å². The van der Waals surface area contributed by atoms with Gasteiger partial charge in [0.2, 0.25) is 0 Å². The molecular weight excluding hydrogens is 448 g/mol. The van der Waals surface area contributed by atoms with Crippen LogP contribution in [-0.4, -0.2) is 79.0 Å². The van der Waals surface area contributed by atoms with E-state index in [4.69, 9.17) is 25.8 Å². The lowest BCUT2D eigenvalue weighted by atomic mass is 9.91. The van der Waals surface area contributed by atoms with Gasteiger partial charge in [-0.3, -0.25) is 0 Å². The molecule has 1 saturated carbocycles. The second-order valence-electron chi connectivity index (χ2n) is 8.32. The first-order valence-electron chi connectivity index (χ1n) is 10.5. The minimum absolute atomic E-state index is 0.0213. The number of aliphatic hydroxyl groups is 3. The molecule has 5 atom stereocenters. The van der Waals surface area contributed by atoms with Crippen molar-refractivity contribution in [2.75, 3.05) is 18.6 Å². The van der Waals surface area contributed by atoms with Gasteiger partial charge in [-0.1, -0.05) is 17.7 Å². The third-order valence-electron chi connectivity index (χ3n) is 5.78. The predicted octanol–water partition coefficient (Wildman–Crippen LogP) is 1.63. The summed E-state index contributed by atoms with van der Waals surface area (Å²) in [6.45, 7) is 2.67. The molecule has 0 radical (unpaired) electrons.